The molecule has 0 aliphatic heterocycles. The van der Waals surface area contributed by atoms with E-state index in [1.165, 1.54) is 35.1 Å². The molecular formula is C30H50O2. The number of hydrogen-bond donors (Lipinski definition) is 2. The van der Waals surface area contributed by atoms with Crippen LogP contribution in [0.1, 0.15) is 107 Å². The number of aliphatic hydroxyl groups excluding tert-OH is 2. The van der Waals surface area contributed by atoms with Crippen LogP contribution in [0.25, 0.3) is 0 Å². The van der Waals surface area contributed by atoms with Gasteiger partial charge in [0.15, 0.2) is 0 Å². The molecule has 1 saturated carbocycles. The first kappa shape index (κ1) is 25.8. The van der Waals surface area contributed by atoms with Crippen molar-refractivity contribution in [2.75, 3.05) is 0 Å². The summed E-state index contributed by atoms with van der Waals surface area (Å²) in [6, 6.07) is 0. The van der Waals surface area contributed by atoms with Crippen molar-refractivity contribution in [2.24, 2.45) is 34.0 Å². The minimum Gasteiger partial charge on any atom is -0.393 e. The zero-order valence-corrected chi connectivity index (χ0v) is 22.2. The van der Waals surface area contributed by atoms with E-state index in [1.54, 1.807) is 0 Å². The van der Waals surface area contributed by atoms with E-state index < -0.39 is 6.10 Å². The average molecular weight is 443 g/mol. The predicted octanol–water partition coefficient (Wildman–Crippen LogP) is 7.62. The fourth-order valence-corrected chi connectivity index (χ4v) is 7.72. The molecule has 32 heavy (non-hydrogen) atoms. The standard InChI is InChI=1S/C30H50O2/c1-19(2)20(3)11-10-12-22-13-15-24(28(22,5)6)23-14-16-25-29(7,8)26(32)17-18-30(25,9)27(23)21(4)31/h15,19,21-22,25-26,31-32H,3,10-14,16-18H2,1-2,4-9H3/t21-,22-,25?,26-,30?/m0/s1. The molecule has 182 valence electrons. The van der Waals surface area contributed by atoms with E-state index in [0.29, 0.717) is 17.8 Å². The van der Waals surface area contributed by atoms with Crippen molar-refractivity contribution < 1.29 is 10.2 Å². The number of allylic oxidation sites excluding steroid dienone is 4. The lowest BCUT2D eigenvalue weighted by atomic mass is 9.48. The lowest BCUT2D eigenvalue weighted by molar-refractivity contribution is -0.0935. The van der Waals surface area contributed by atoms with Crippen molar-refractivity contribution in [1.82, 2.24) is 0 Å². The molecule has 3 rings (SSSR count). The third kappa shape index (κ3) is 4.31. The van der Waals surface area contributed by atoms with Gasteiger partial charge in [-0.25, -0.2) is 0 Å². The minimum absolute atomic E-state index is 0.0332. The first-order chi connectivity index (χ1) is 14.7. The smallest absolute Gasteiger partial charge is 0.0733 e. The Kier molecular flexibility index (Phi) is 7.30. The van der Waals surface area contributed by atoms with Crippen molar-refractivity contribution in [3.8, 4) is 0 Å². The van der Waals surface area contributed by atoms with Gasteiger partial charge in [0.25, 0.3) is 0 Å². The monoisotopic (exact) mass is 442 g/mol. The van der Waals surface area contributed by atoms with Crippen LogP contribution in [-0.4, -0.2) is 22.4 Å². The van der Waals surface area contributed by atoms with E-state index in [4.69, 9.17) is 0 Å². The van der Waals surface area contributed by atoms with Crippen LogP contribution in [0.15, 0.2) is 34.9 Å². The summed E-state index contributed by atoms with van der Waals surface area (Å²) in [5, 5.41) is 21.9. The van der Waals surface area contributed by atoms with Gasteiger partial charge in [-0.05, 0) is 109 Å². The Hall–Kier alpha value is -0.860. The van der Waals surface area contributed by atoms with Crippen molar-refractivity contribution in [1.29, 1.82) is 0 Å². The highest BCUT2D eigenvalue weighted by atomic mass is 16.3. The van der Waals surface area contributed by atoms with Crippen molar-refractivity contribution >= 4 is 0 Å². The maximum atomic E-state index is 11.1. The Labute approximate surface area is 198 Å². The quantitative estimate of drug-likeness (QED) is 0.398. The molecule has 2 unspecified atom stereocenters. The third-order valence-electron chi connectivity index (χ3n) is 10.0. The van der Waals surface area contributed by atoms with E-state index in [2.05, 4.69) is 61.1 Å². The lowest BCUT2D eigenvalue weighted by Gasteiger charge is -2.58. The highest BCUT2D eigenvalue weighted by molar-refractivity contribution is 5.47. The molecule has 2 nitrogen and oxygen atoms in total. The Morgan fingerprint density at radius 1 is 1.12 bits per heavy atom. The van der Waals surface area contributed by atoms with Crippen LogP contribution in [0.2, 0.25) is 0 Å². The van der Waals surface area contributed by atoms with Gasteiger partial charge in [-0.1, -0.05) is 66.7 Å². The van der Waals surface area contributed by atoms with Crippen LogP contribution in [0.3, 0.4) is 0 Å². The molecule has 0 aromatic rings. The summed E-state index contributed by atoms with van der Waals surface area (Å²) in [5.74, 6) is 1.65. The molecule has 0 aromatic carbocycles. The third-order valence-corrected chi connectivity index (χ3v) is 10.0. The second-order valence-electron chi connectivity index (χ2n) is 12.9. The second kappa shape index (κ2) is 9.06. The summed E-state index contributed by atoms with van der Waals surface area (Å²) >= 11 is 0. The number of rotatable bonds is 7. The minimum atomic E-state index is -0.436. The fourth-order valence-electron chi connectivity index (χ4n) is 7.72. The fraction of sp³-hybridized carbons (Fsp3) is 0.800. The molecule has 0 radical (unpaired) electrons. The van der Waals surface area contributed by atoms with Gasteiger partial charge in [0, 0.05) is 0 Å². The van der Waals surface area contributed by atoms with Gasteiger partial charge in [-0.15, -0.1) is 0 Å². The summed E-state index contributed by atoms with van der Waals surface area (Å²) in [6.07, 6.45) is 10.5. The van der Waals surface area contributed by atoms with E-state index in [-0.39, 0.29) is 22.3 Å². The Morgan fingerprint density at radius 3 is 2.38 bits per heavy atom. The summed E-state index contributed by atoms with van der Waals surface area (Å²) in [4.78, 5) is 0. The number of aliphatic hydroxyl groups is 2. The molecule has 5 atom stereocenters. The molecule has 3 aliphatic rings. The first-order valence-corrected chi connectivity index (χ1v) is 13.2. The molecule has 1 fully saturated rings. The molecule has 0 amide bonds. The first-order valence-electron chi connectivity index (χ1n) is 13.2. The Bertz CT molecular complexity index is 779. The largest absolute Gasteiger partial charge is 0.393 e. The molecule has 2 heteroatoms. The Morgan fingerprint density at radius 2 is 1.78 bits per heavy atom. The summed E-state index contributed by atoms with van der Waals surface area (Å²) in [5.41, 5.74) is 5.60. The number of fused-ring (bicyclic) bond motifs is 1. The van der Waals surface area contributed by atoms with Crippen LogP contribution in [-0.2, 0) is 0 Å². The van der Waals surface area contributed by atoms with Crippen molar-refractivity contribution in [2.45, 2.75) is 119 Å². The van der Waals surface area contributed by atoms with E-state index >= 15 is 0 Å². The maximum absolute atomic E-state index is 11.1. The molecule has 2 N–H and O–H groups in total. The van der Waals surface area contributed by atoms with Crippen LogP contribution >= 0.6 is 0 Å². The topological polar surface area (TPSA) is 40.5 Å². The highest BCUT2D eigenvalue weighted by Gasteiger charge is 2.55. The molecule has 0 aromatic heterocycles. The molecule has 0 saturated heterocycles. The van der Waals surface area contributed by atoms with Crippen LogP contribution in [0.4, 0.5) is 0 Å². The van der Waals surface area contributed by atoms with E-state index in [1.807, 2.05) is 6.92 Å². The highest BCUT2D eigenvalue weighted by Crippen LogP contribution is 2.62. The van der Waals surface area contributed by atoms with E-state index in [0.717, 1.165) is 38.5 Å². The zero-order chi connectivity index (χ0) is 24.1. The van der Waals surface area contributed by atoms with Crippen LogP contribution in [0.5, 0.6) is 0 Å². The van der Waals surface area contributed by atoms with E-state index in [9.17, 15) is 10.2 Å². The van der Waals surface area contributed by atoms with Gasteiger partial charge < -0.3 is 10.2 Å². The second-order valence-corrected chi connectivity index (χ2v) is 12.9. The van der Waals surface area contributed by atoms with Crippen LogP contribution < -0.4 is 0 Å². The average Bonchev–Trinajstić information content (AvgIpc) is 2.98. The molecule has 0 spiro atoms. The maximum Gasteiger partial charge on any atom is 0.0733 e. The molecule has 3 aliphatic carbocycles. The van der Waals surface area contributed by atoms with Crippen molar-refractivity contribution in [3.05, 3.63) is 34.9 Å². The molecule has 0 heterocycles. The van der Waals surface area contributed by atoms with Gasteiger partial charge in [0.1, 0.15) is 0 Å². The van der Waals surface area contributed by atoms with Gasteiger partial charge in [0.05, 0.1) is 12.2 Å². The predicted molar refractivity (Wildman–Crippen MR) is 136 cm³/mol. The summed E-state index contributed by atoms with van der Waals surface area (Å²) in [7, 11) is 0. The normalized spacial score (nSPS) is 35.0. The molecule has 0 bridgehead atoms. The summed E-state index contributed by atoms with van der Waals surface area (Å²) < 4.78 is 0. The SMILES string of the molecule is C=C(CCC[C@H]1CC=C(C2=C([C@H](C)O)C3(C)CC[C@H](O)C(C)(C)C3CC2)C1(C)C)C(C)C. The molecular weight excluding hydrogens is 392 g/mol. The van der Waals surface area contributed by atoms with Gasteiger partial charge >= 0.3 is 0 Å². The number of hydrogen-bond acceptors (Lipinski definition) is 2. The summed E-state index contributed by atoms with van der Waals surface area (Å²) in [6.45, 7) is 22.5. The van der Waals surface area contributed by atoms with Crippen LogP contribution in [0, 0.1) is 34.0 Å². The van der Waals surface area contributed by atoms with Gasteiger partial charge in [-0.2, -0.15) is 0 Å². The van der Waals surface area contributed by atoms with Crippen molar-refractivity contribution in [3.63, 3.8) is 0 Å². The van der Waals surface area contributed by atoms with Gasteiger partial charge in [-0.3, -0.25) is 0 Å². The zero-order valence-electron chi connectivity index (χ0n) is 22.2. The lowest BCUT2D eigenvalue weighted by Crippen LogP contribution is -2.53. The van der Waals surface area contributed by atoms with Gasteiger partial charge in [0.2, 0.25) is 0 Å². The Balaban J connectivity index is 1.88.